The van der Waals surface area contributed by atoms with E-state index in [1.165, 1.54) is 113 Å². The lowest BCUT2D eigenvalue weighted by molar-refractivity contribution is 0.444. The van der Waals surface area contributed by atoms with Gasteiger partial charge in [0.05, 0.1) is 0 Å². The molecular formula is C140H158N4. The van der Waals surface area contributed by atoms with Crippen LogP contribution < -0.4 is 21.3 Å². The number of hydrogen-bond donors (Lipinski definition) is 4. The normalized spacial score (nSPS) is 16.9. The van der Waals surface area contributed by atoms with Gasteiger partial charge in [0.25, 0.3) is 0 Å². The first kappa shape index (κ1) is 90.7. The molecular weight excluding hydrogens is 1740 g/mol. The molecule has 0 amide bonds. The van der Waals surface area contributed by atoms with Gasteiger partial charge in [-0.1, -0.05) is 451 Å². The third kappa shape index (κ3) is 23.8. The van der Waals surface area contributed by atoms with Crippen molar-refractivity contribution in [3.05, 3.63) is 431 Å². The molecule has 0 unspecified atom stereocenters. The van der Waals surface area contributed by atoms with Crippen LogP contribution in [0.3, 0.4) is 0 Å². The Morgan fingerprint density at radius 2 is 0.458 bits per heavy atom. The average Bonchev–Trinajstić information content (AvgIpc) is 1.22. The summed E-state index contributed by atoms with van der Waals surface area (Å²) < 4.78 is 86.0. The van der Waals surface area contributed by atoms with Gasteiger partial charge in [-0.2, -0.15) is 0 Å². The van der Waals surface area contributed by atoms with E-state index >= 15 is 0 Å². The van der Waals surface area contributed by atoms with Crippen molar-refractivity contribution in [2.24, 2.45) is 17.8 Å². The minimum atomic E-state index is -3.11. The van der Waals surface area contributed by atoms with Crippen molar-refractivity contribution in [1.82, 2.24) is 0 Å². The fraction of sp³-hybridized carbons (Fsp3) is 0.314. The van der Waals surface area contributed by atoms with E-state index in [1.807, 2.05) is 91.0 Å². The van der Waals surface area contributed by atoms with Gasteiger partial charge >= 0.3 is 0 Å². The van der Waals surface area contributed by atoms with Gasteiger partial charge < -0.3 is 21.3 Å². The molecule has 0 radical (unpaired) electrons. The van der Waals surface area contributed by atoms with Crippen molar-refractivity contribution < 1.29 is 13.7 Å². The molecule has 23 rings (SSSR count). The first-order valence-corrected chi connectivity index (χ1v) is 53.1. The van der Waals surface area contributed by atoms with Gasteiger partial charge in [-0.3, -0.25) is 0 Å². The first-order valence-electron chi connectivity index (χ1n) is 58.1. The number of nitrogens with one attached hydrogen (secondary N) is 4. The van der Waals surface area contributed by atoms with Crippen LogP contribution in [0.15, 0.2) is 364 Å². The number of fused-ring (bicyclic) bond motifs is 12. The molecule has 0 aromatic heterocycles. The third-order valence-corrected chi connectivity index (χ3v) is 28.5. The van der Waals surface area contributed by atoms with Crippen molar-refractivity contribution >= 4 is 45.5 Å². The molecule has 3 fully saturated rings. The lowest BCUT2D eigenvalue weighted by Crippen LogP contribution is -2.16. The maximum absolute atomic E-state index is 9.55. The van der Waals surface area contributed by atoms with Crippen LogP contribution in [0.25, 0.3) is 89.0 Å². The molecule has 0 heterocycles. The van der Waals surface area contributed by atoms with Gasteiger partial charge in [0.2, 0.25) is 0 Å². The highest BCUT2D eigenvalue weighted by Gasteiger charge is 2.42. The van der Waals surface area contributed by atoms with E-state index in [0.717, 1.165) is 166 Å². The Morgan fingerprint density at radius 3 is 0.715 bits per heavy atom. The predicted octanol–water partition coefficient (Wildman–Crippen LogP) is 41.7. The monoisotopic (exact) mass is 1910 g/mol. The van der Waals surface area contributed by atoms with E-state index in [-0.39, 0.29) is 21.8 Å². The van der Waals surface area contributed by atoms with Crippen molar-refractivity contribution in [3.8, 4) is 89.0 Å². The second kappa shape index (κ2) is 46.2. The van der Waals surface area contributed by atoms with E-state index in [1.54, 1.807) is 6.07 Å². The molecule has 4 heteroatoms. The molecule has 0 aliphatic heterocycles. The van der Waals surface area contributed by atoms with Gasteiger partial charge in [0.1, 0.15) is 0 Å². The summed E-state index contributed by atoms with van der Waals surface area (Å²) in [5.74, 6) is -1.91. The van der Waals surface area contributed by atoms with E-state index in [2.05, 4.69) is 420 Å². The SMILES string of the molecule is CC(C)C.CC(C)C.CC(C)C.CCC.[2H]C([2H])([2H])C([2H])(c1cc2c(cc1Nc1cccc(-c3ccccc3)c1)C(C)(C)c1ccccc1-2)C([2H])([2H])[2H].[2H]C1(c2cc3c(cc2Nc2cccc(-c4ccccc4)c2)C(C)(C)c2ccccc2-3)CC1.[2H]C1(c2cc3c(cc2Nc2cccc(-c4ccccc4)c2)C(C)(C)c2ccccc2-3)CCCC1.[2H]C1(c2cc3c(cc2Nc2cccc(-c4ccccc4)c2)C(C)(C)c2ccccc2-3)CCCCC1. The molecule has 0 atom stereocenters. The van der Waals surface area contributed by atoms with Crippen molar-refractivity contribution in [3.63, 3.8) is 0 Å². The molecule has 0 spiro atoms. The molecule has 144 heavy (non-hydrogen) atoms. The van der Waals surface area contributed by atoms with E-state index in [0.29, 0.717) is 11.4 Å². The molecule has 16 aromatic carbocycles. The van der Waals surface area contributed by atoms with Crippen LogP contribution in [-0.4, -0.2) is 0 Å². The topological polar surface area (TPSA) is 48.1 Å². The summed E-state index contributed by atoms with van der Waals surface area (Å²) in [7, 11) is 0. The van der Waals surface area contributed by atoms with Crippen molar-refractivity contribution in [1.29, 1.82) is 0 Å². The molecule has 7 aliphatic rings. The molecule has 0 bridgehead atoms. The van der Waals surface area contributed by atoms with Crippen LogP contribution >= 0.6 is 0 Å². The van der Waals surface area contributed by atoms with Crippen LogP contribution in [0.2, 0.25) is 0 Å². The fourth-order valence-corrected chi connectivity index (χ4v) is 21.4. The third-order valence-electron chi connectivity index (χ3n) is 28.5. The molecule has 16 aromatic rings. The summed E-state index contributed by atoms with van der Waals surface area (Å²) in [5.41, 5.74) is 39.1. The second-order valence-electron chi connectivity index (χ2n) is 44.1. The average molecular weight is 1910 g/mol. The number of hydrogen-bond acceptors (Lipinski definition) is 4. The Balaban J connectivity index is 0.000000139. The summed E-state index contributed by atoms with van der Waals surface area (Å²) in [6.07, 6.45) is 12.6. The molecule has 4 nitrogen and oxygen atoms in total. The maximum atomic E-state index is 9.55. The Hall–Kier alpha value is -13.3. The maximum Gasteiger partial charge on any atom is 0.0423 e. The summed E-state index contributed by atoms with van der Waals surface area (Å²) in [6, 6.07) is 126. The van der Waals surface area contributed by atoms with E-state index < -0.39 is 42.7 Å². The smallest absolute Gasteiger partial charge is 0.0423 e. The summed E-state index contributed by atoms with van der Waals surface area (Å²) in [4.78, 5) is 0. The predicted molar refractivity (Wildman–Crippen MR) is 627 cm³/mol. The Labute approximate surface area is 880 Å². The molecule has 738 valence electrons. The highest BCUT2D eigenvalue weighted by Crippen LogP contribution is 2.58. The van der Waals surface area contributed by atoms with Crippen LogP contribution in [0.5, 0.6) is 0 Å². The second-order valence-corrected chi connectivity index (χ2v) is 44.1. The number of anilines is 8. The van der Waals surface area contributed by atoms with Gasteiger partial charge in [-0.25, -0.2) is 0 Å². The van der Waals surface area contributed by atoms with Crippen LogP contribution in [-0.2, 0) is 21.7 Å². The Morgan fingerprint density at radius 1 is 0.243 bits per heavy atom. The van der Waals surface area contributed by atoms with Gasteiger partial charge in [0.15, 0.2) is 0 Å². The molecule has 4 N–H and O–H groups in total. The lowest BCUT2D eigenvalue weighted by atomic mass is 9.79. The Kier molecular flexibility index (Phi) is 29.1. The van der Waals surface area contributed by atoms with Crippen LogP contribution in [0, 0.1) is 17.8 Å². The fourth-order valence-electron chi connectivity index (χ4n) is 21.4. The van der Waals surface area contributed by atoms with Crippen LogP contribution in [0.4, 0.5) is 45.5 Å². The van der Waals surface area contributed by atoms with Crippen molar-refractivity contribution in [2.45, 2.75) is 268 Å². The quantitative estimate of drug-likeness (QED) is 0.0779. The number of benzene rings is 16. The number of rotatable bonds is 16. The van der Waals surface area contributed by atoms with E-state index in [9.17, 15) is 2.74 Å². The minimum absolute atomic E-state index is 0.0501. The lowest BCUT2D eigenvalue weighted by Gasteiger charge is -2.28. The first-order chi connectivity index (χ1) is 73.2. The zero-order valence-electron chi connectivity index (χ0n) is 98.9. The highest BCUT2D eigenvalue weighted by molar-refractivity contribution is 5.91. The summed E-state index contributed by atoms with van der Waals surface area (Å²) >= 11 is 0. The molecule has 7 aliphatic carbocycles. The zero-order chi connectivity index (χ0) is 110. The largest absolute Gasteiger partial charge is 0.355 e. The van der Waals surface area contributed by atoms with Crippen molar-refractivity contribution in [2.75, 3.05) is 21.3 Å². The van der Waals surface area contributed by atoms with E-state index in [4.69, 9.17) is 11.0 Å². The van der Waals surface area contributed by atoms with Gasteiger partial charge in [0, 0.05) is 80.9 Å². The summed E-state index contributed by atoms with van der Waals surface area (Å²) in [6.45, 7) is 35.6. The van der Waals surface area contributed by atoms with Gasteiger partial charge in [-0.15, -0.1) is 0 Å². The summed E-state index contributed by atoms with van der Waals surface area (Å²) in [5, 5.41) is 14.5. The molecule has 3 saturated carbocycles. The minimum Gasteiger partial charge on any atom is -0.355 e. The standard InChI is InChI=1S/C33H33N.C32H31N.C30H27N.C30H29N.3C4H10.C3H8/c1-33(2)30-19-10-9-18-27(30)29-21-28(24-14-7-4-8-15-24)32(22-31(29)33)34-26-17-11-16-25(20-26)23-12-5-3-6-13-23;1-32(2)29-18-9-8-17-26(29)28-20-27(23-13-6-7-14-23)31(21-30(28)32)33-25-16-10-15-24(19-25)22-11-4-3-5-12-22;1-30(2)27-14-7-6-13-24(27)26-18-25(21-15-16-21)29(19-28(26)30)31-23-12-8-11-22(17-23)20-9-4-3-5-10-20;1-20(2)25-18-26-24-15-8-9-16-27(24)30(3,4)28(26)19-29(25)31-23-14-10-13-22(17-23)21-11-6-5-7-12-21;3*1-4(2)3;1-3-2/h3,5-6,9-13,16-22,24,34H,4,7-8,14-15H2,1-2H3;3-5,8-12,15-21,23,33H,6-7,13-14H2,1-2H3;3-14,17-19,21,31H,15-16H2,1-2H3;5-20,31H,1-4H3;3*4H,1-3H3;3H2,1-2H3/i24D;23D;21D;1D3,2D3,20D;;;;. The zero-order valence-corrected chi connectivity index (χ0v) is 88.9. The Bertz CT molecular complexity index is 7490. The van der Waals surface area contributed by atoms with Gasteiger partial charge in [-0.05, 0) is 333 Å². The molecule has 0 saturated heterocycles. The van der Waals surface area contributed by atoms with Crippen LogP contribution in [0.1, 0.15) is 326 Å². The highest BCUT2D eigenvalue weighted by atomic mass is 14.9.